The van der Waals surface area contributed by atoms with E-state index in [9.17, 15) is 4.79 Å². The van der Waals surface area contributed by atoms with Gasteiger partial charge in [0, 0.05) is 12.6 Å². The van der Waals surface area contributed by atoms with Gasteiger partial charge in [-0.15, -0.1) is 0 Å². The van der Waals surface area contributed by atoms with Gasteiger partial charge in [-0.05, 0) is 18.2 Å². The van der Waals surface area contributed by atoms with Gasteiger partial charge in [0.2, 0.25) is 0 Å². The Hall–Kier alpha value is -1.91. The van der Waals surface area contributed by atoms with Crippen molar-refractivity contribution in [3.05, 3.63) is 23.8 Å². The summed E-state index contributed by atoms with van der Waals surface area (Å²) < 4.78 is 10.2. The van der Waals surface area contributed by atoms with Gasteiger partial charge in [-0.25, -0.2) is 4.79 Å². The Morgan fingerprint density at radius 3 is 2.56 bits per heavy atom. The molecule has 88 valence electrons. The predicted octanol–water partition coefficient (Wildman–Crippen LogP) is 1.81. The largest absolute Gasteiger partial charge is 0.497 e. The van der Waals surface area contributed by atoms with Crippen molar-refractivity contribution >= 4 is 6.09 Å². The molecule has 0 bridgehead atoms. The summed E-state index contributed by atoms with van der Waals surface area (Å²) in [5, 5.41) is 8.79. The second kappa shape index (κ2) is 5.25. The fourth-order valence-corrected chi connectivity index (χ4v) is 1.33. The molecule has 0 unspecified atom stereocenters. The molecule has 0 saturated carbocycles. The van der Waals surface area contributed by atoms with E-state index in [0.717, 1.165) is 5.56 Å². The van der Waals surface area contributed by atoms with Crippen molar-refractivity contribution in [3.63, 3.8) is 0 Å². The van der Waals surface area contributed by atoms with Crippen molar-refractivity contribution in [2.45, 2.75) is 6.54 Å². The maximum atomic E-state index is 10.7. The molecular formula is C11H15NO4. The number of amides is 1. The first kappa shape index (κ1) is 12.2. The van der Waals surface area contributed by atoms with Gasteiger partial charge in [-0.1, -0.05) is 0 Å². The van der Waals surface area contributed by atoms with Crippen LogP contribution in [0.3, 0.4) is 0 Å². The number of carboxylic acid groups (broad SMARTS) is 1. The average Bonchev–Trinajstić information content (AvgIpc) is 2.28. The normalized spacial score (nSPS) is 9.69. The minimum atomic E-state index is -0.982. The Morgan fingerprint density at radius 1 is 1.38 bits per heavy atom. The van der Waals surface area contributed by atoms with E-state index < -0.39 is 6.09 Å². The lowest BCUT2D eigenvalue weighted by molar-refractivity contribution is 0.153. The lowest BCUT2D eigenvalue weighted by atomic mass is 10.2. The Morgan fingerprint density at radius 2 is 2.06 bits per heavy atom. The Bertz CT molecular complexity index is 378. The van der Waals surface area contributed by atoms with Crippen LogP contribution in [0.2, 0.25) is 0 Å². The lowest BCUT2D eigenvalue weighted by Crippen LogP contribution is -2.24. The molecule has 0 saturated heterocycles. The molecule has 5 heteroatoms. The van der Waals surface area contributed by atoms with Crippen LogP contribution in [0.15, 0.2) is 18.2 Å². The van der Waals surface area contributed by atoms with E-state index in [2.05, 4.69) is 0 Å². The summed E-state index contributed by atoms with van der Waals surface area (Å²) in [6.07, 6.45) is -0.982. The number of hydrogen-bond acceptors (Lipinski definition) is 3. The van der Waals surface area contributed by atoms with Gasteiger partial charge in [0.15, 0.2) is 0 Å². The van der Waals surface area contributed by atoms with Crippen LogP contribution in [0.5, 0.6) is 11.5 Å². The molecule has 1 aromatic rings. The standard InChI is InChI=1S/C11H15NO4/c1-12(11(13)14)7-8-6-9(15-2)4-5-10(8)16-3/h4-6H,7H2,1-3H3,(H,13,14). The first-order chi connectivity index (χ1) is 7.58. The van der Waals surface area contributed by atoms with E-state index in [1.807, 2.05) is 0 Å². The zero-order valence-electron chi connectivity index (χ0n) is 9.56. The van der Waals surface area contributed by atoms with Crippen molar-refractivity contribution in [3.8, 4) is 11.5 Å². The maximum Gasteiger partial charge on any atom is 0.407 e. The molecule has 1 amide bonds. The van der Waals surface area contributed by atoms with Crippen LogP contribution in [-0.4, -0.2) is 37.4 Å². The second-order valence-electron chi connectivity index (χ2n) is 3.32. The van der Waals surface area contributed by atoms with Crippen molar-refractivity contribution < 1.29 is 19.4 Å². The maximum absolute atomic E-state index is 10.7. The van der Waals surface area contributed by atoms with Crippen molar-refractivity contribution in [1.82, 2.24) is 4.90 Å². The highest BCUT2D eigenvalue weighted by Gasteiger charge is 2.11. The summed E-state index contributed by atoms with van der Waals surface area (Å²) >= 11 is 0. The first-order valence-electron chi connectivity index (χ1n) is 4.73. The second-order valence-corrected chi connectivity index (χ2v) is 3.32. The third kappa shape index (κ3) is 2.79. The molecule has 0 aliphatic heterocycles. The smallest absolute Gasteiger partial charge is 0.407 e. The number of ether oxygens (including phenoxy) is 2. The molecular weight excluding hydrogens is 210 g/mol. The number of carbonyl (C=O) groups is 1. The zero-order chi connectivity index (χ0) is 12.1. The van der Waals surface area contributed by atoms with Gasteiger partial charge < -0.3 is 19.5 Å². The topological polar surface area (TPSA) is 59.0 Å². The zero-order valence-corrected chi connectivity index (χ0v) is 9.56. The van der Waals surface area contributed by atoms with Gasteiger partial charge in [0.25, 0.3) is 0 Å². The van der Waals surface area contributed by atoms with Gasteiger partial charge in [0.05, 0.1) is 20.8 Å². The fourth-order valence-electron chi connectivity index (χ4n) is 1.33. The van der Waals surface area contributed by atoms with E-state index in [-0.39, 0.29) is 6.54 Å². The van der Waals surface area contributed by atoms with E-state index in [4.69, 9.17) is 14.6 Å². The summed E-state index contributed by atoms with van der Waals surface area (Å²) in [4.78, 5) is 11.9. The minimum Gasteiger partial charge on any atom is -0.497 e. The van der Waals surface area contributed by atoms with Crippen molar-refractivity contribution in [2.24, 2.45) is 0 Å². The lowest BCUT2D eigenvalue weighted by Gasteiger charge is -2.16. The monoisotopic (exact) mass is 225 g/mol. The molecule has 0 heterocycles. The fraction of sp³-hybridized carbons (Fsp3) is 0.364. The number of hydrogen-bond donors (Lipinski definition) is 1. The summed E-state index contributed by atoms with van der Waals surface area (Å²) in [6.45, 7) is 0.260. The molecule has 16 heavy (non-hydrogen) atoms. The van der Waals surface area contributed by atoms with E-state index in [0.29, 0.717) is 11.5 Å². The first-order valence-corrected chi connectivity index (χ1v) is 4.73. The van der Waals surface area contributed by atoms with Crippen molar-refractivity contribution in [1.29, 1.82) is 0 Å². The van der Waals surface area contributed by atoms with Gasteiger partial charge >= 0.3 is 6.09 Å². The van der Waals surface area contributed by atoms with Crippen LogP contribution in [0.25, 0.3) is 0 Å². The van der Waals surface area contributed by atoms with Gasteiger partial charge in [0.1, 0.15) is 11.5 Å². The number of nitrogens with zero attached hydrogens (tertiary/aromatic N) is 1. The summed E-state index contributed by atoms with van der Waals surface area (Å²) in [6, 6.07) is 5.28. The van der Waals surface area contributed by atoms with Crippen LogP contribution >= 0.6 is 0 Å². The van der Waals surface area contributed by atoms with Crippen LogP contribution in [0.4, 0.5) is 4.79 Å². The highest BCUT2D eigenvalue weighted by Crippen LogP contribution is 2.24. The van der Waals surface area contributed by atoms with E-state index in [1.54, 1.807) is 32.4 Å². The molecule has 0 spiro atoms. The van der Waals surface area contributed by atoms with E-state index >= 15 is 0 Å². The highest BCUT2D eigenvalue weighted by atomic mass is 16.5. The molecule has 0 aliphatic rings. The quantitative estimate of drug-likeness (QED) is 0.849. The molecule has 0 aromatic heterocycles. The van der Waals surface area contributed by atoms with Gasteiger partial charge in [-0.3, -0.25) is 0 Å². The van der Waals surface area contributed by atoms with Crippen LogP contribution < -0.4 is 9.47 Å². The van der Waals surface area contributed by atoms with E-state index in [1.165, 1.54) is 11.9 Å². The number of benzene rings is 1. The SMILES string of the molecule is COc1ccc(OC)c(CN(C)C(=O)O)c1. The van der Waals surface area contributed by atoms with Crippen LogP contribution in [0, 0.1) is 0 Å². The minimum absolute atomic E-state index is 0.260. The molecule has 0 radical (unpaired) electrons. The Balaban J connectivity index is 2.95. The molecule has 0 aliphatic carbocycles. The molecule has 1 rings (SSSR count). The molecule has 0 fully saturated rings. The average molecular weight is 225 g/mol. The molecule has 1 N–H and O–H groups in total. The summed E-state index contributed by atoms with van der Waals surface area (Å²) in [5.74, 6) is 1.32. The molecule has 5 nitrogen and oxygen atoms in total. The van der Waals surface area contributed by atoms with Crippen LogP contribution in [0.1, 0.15) is 5.56 Å². The van der Waals surface area contributed by atoms with Gasteiger partial charge in [-0.2, -0.15) is 0 Å². The third-order valence-corrected chi connectivity index (χ3v) is 2.22. The number of methoxy groups -OCH3 is 2. The molecule has 0 atom stereocenters. The number of rotatable bonds is 4. The Kier molecular flexibility index (Phi) is 3.99. The van der Waals surface area contributed by atoms with Crippen molar-refractivity contribution in [2.75, 3.05) is 21.3 Å². The highest BCUT2D eigenvalue weighted by molar-refractivity contribution is 5.64. The Labute approximate surface area is 94.2 Å². The molecule has 1 aromatic carbocycles. The summed E-state index contributed by atoms with van der Waals surface area (Å²) in [7, 11) is 4.61. The van der Waals surface area contributed by atoms with Crippen LogP contribution in [-0.2, 0) is 6.54 Å². The third-order valence-electron chi connectivity index (χ3n) is 2.22. The predicted molar refractivity (Wildman–Crippen MR) is 59.0 cm³/mol. The summed E-state index contributed by atoms with van der Waals surface area (Å²) in [5.41, 5.74) is 0.770.